The van der Waals surface area contributed by atoms with Crippen molar-refractivity contribution in [2.24, 2.45) is 0 Å². The zero-order chi connectivity index (χ0) is 14.1. The van der Waals surface area contributed by atoms with Crippen LogP contribution >= 0.6 is 0 Å². The molecule has 0 spiro atoms. The maximum absolute atomic E-state index is 12.3. The van der Waals surface area contributed by atoms with E-state index in [4.69, 9.17) is 10.5 Å². The molecule has 4 heteroatoms. The van der Waals surface area contributed by atoms with Crippen LogP contribution in [0.3, 0.4) is 0 Å². The smallest absolute Gasteiger partial charge is 0.255 e. The molecule has 2 aromatic rings. The predicted octanol–water partition coefficient (Wildman–Crippen LogP) is 2.76. The standard InChI is InChI=1S/C16H16N2O2/c1-10-2-4-13(17)14(8-10)18-16(19)12-3-5-15-11(9-12)6-7-20-15/h2-5,8-9H,6-7,17H2,1H3,(H,18,19). The van der Waals surface area contributed by atoms with E-state index in [-0.39, 0.29) is 5.91 Å². The van der Waals surface area contributed by atoms with Crippen molar-refractivity contribution in [2.75, 3.05) is 17.7 Å². The Morgan fingerprint density at radius 1 is 1.25 bits per heavy atom. The van der Waals surface area contributed by atoms with Gasteiger partial charge in [0.1, 0.15) is 5.75 Å². The number of hydrogen-bond donors (Lipinski definition) is 2. The first-order valence-electron chi connectivity index (χ1n) is 6.57. The number of carbonyl (C=O) groups is 1. The molecule has 1 aliphatic rings. The molecular formula is C16H16N2O2. The molecule has 0 fully saturated rings. The molecule has 102 valence electrons. The van der Waals surface area contributed by atoms with Crippen LogP contribution in [0.4, 0.5) is 11.4 Å². The fourth-order valence-electron chi connectivity index (χ4n) is 2.30. The normalized spacial score (nSPS) is 12.7. The largest absolute Gasteiger partial charge is 0.493 e. The van der Waals surface area contributed by atoms with Gasteiger partial charge in [0.15, 0.2) is 0 Å². The van der Waals surface area contributed by atoms with E-state index in [0.717, 1.165) is 23.3 Å². The van der Waals surface area contributed by atoms with E-state index < -0.39 is 0 Å². The zero-order valence-corrected chi connectivity index (χ0v) is 11.3. The second kappa shape index (κ2) is 4.89. The topological polar surface area (TPSA) is 64.3 Å². The Bertz CT molecular complexity index is 680. The van der Waals surface area contributed by atoms with Crippen molar-refractivity contribution in [3.8, 4) is 5.75 Å². The lowest BCUT2D eigenvalue weighted by Crippen LogP contribution is -2.13. The van der Waals surface area contributed by atoms with Crippen LogP contribution in [-0.2, 0) is 6.42 Å². The van der Waals surface area contributed by atoms with Gasteiger partial charge in [0.25, 0.3) is 5.91 Å². The molecule has 0 radical (unpaired) electrons. The molecule has 0 saturated carbocycles. The average Bonchev–Trinajstić information content (AvgIpc) is 2.90. The van der Waals surface area contributed by atoms with Crippen LogP contribution in [0.2, 0.25) is 0 Å². The maximum Gasteiger partial charge on any atom is 0.255 e. The van der Waals surface area contributed by atoms with Crippen molar-refractivity contribution in [3.05, 3.63) is 53.1 Å². The quantitative estimate of drug-likeness (QED) is 0.823. The SMILES string of the molecule is Cc1ccc(N)c(NC(=O)c2ccc3c(c2)CCO3)c1. The second-order valence-electron chi connectivity index (χ2n) is 4.97. The number of fused-ring (bicyclic) bond motifs is 1. The van der Waals surface area contributed by atoms with Crippen molar-refractivity contribution in [2.45, 2.75) is 13.3 Å². The van der Waals surface area contributed by atoms with Crippen LogP contribution < -0.4 is 15.8 Å². The van der Waals surface area contributed by atoms with Crippen LogP contribution in [0.5, 0.6) is 5.75 Å². The second-order valence-corrected chi connectivity index (χ2v) is 4.97. The maximum atomic E-state index is 12.3. The van der Waals surface area contributed by atoms with Crippen LogP contribution in [0.15, 0.2) is 36.4 Å². The summed E-state index contributed by atoms with van der Waals surface area (Å²) in [5, 5.41) is 2.85. The van der Waals surface area contributed by atoms with E-state index in [1.54, 1.807) is 12.1 Å². The minimum Gasteiger partial charge on any atom is -0.493 e. The van der Waals surface area contributed by atoms with Gasteiger partial charge in [-0.3, -0.25) is 4.79 Å². The summed E-state index contributed by atoms with van der Waals surface area (Å²) in [6.07, 6.45) is 0.850. The number of aryl methyl sites for hydroxylation is 1. The van der Waals surface area contributed by atoms with Crippen LogP contribution in [0, 0.1) is 6.92 Å². The Labute approximate surface area is 117 Å². The lowest BCUT2D eigenvalue weighted by Gasteiger charge is -2.09. The first-order chi connectivity index (χ1) is 9.63. The highest BCUT2D eigenvalue weighted by atomic mass is 16.5. The van der Waals surface area contributed by atoms with Crippen LogP contribution in [0.25, 0.3) is 0 Å². The van der Waals surface area contributed by atoms with Crippen LogP contribution in [0.1, 0.15) is 21.5 Å². The minimum absolute atomic E-state index is 0.156. The van der Waals surface area contributed by atoms with Gasteiger partial charge in [-0.2, -0.15) is 0 Å². The number of nitrogen functional groups attached to an aromatic ring is 1. The van der Waals surface area contributed by atoms with Gasteiger partial charge < -0.3 is 15.8 Å². The summed E-state index contributed by atoms with van der Waals surface area (Å²) in [6, 6.07) is 11.1. The monoisotopic (exact) mass is 268 g/mol. The summed E-state index contributed by atoms with van der Waals surface area (Å²) < 4.78 is 5.43. The number of carbonyl (C=O) groups excluding carboxylic acids is 1. The van der Waals surface area contributed by atoms with Crippen LogP contribution in [-0.4, -0.2) is 12.5 Å². The highest BCUT2D eigenvalue weighted by molar-refractivity contribution is 6.06. The minimum atomic E-state index is -0.156. The Kier molecular flexibility index (Phi) is 3.06. The molecule has 1 heterocycles. The Morgan fingerprint density at radius 2 is 2.10 bits per heavy atom. The van der Waals surface area contributed by atoms with Gasteiger partial charge in [-0.05, 0) is 48.4 Å². The number of nitrogens with one attached hydrogen (secondary N) is 1. The number of rotatable bonds is 2. The molecule has 4 nitrogen and oxygen atoms in total. The molecule has 0 unspecified atom stereocenters. The Morgan fingerprint density at radius 3 is 2.95 bits per heavy atom. The third-order valence-electron chi connectivity index (χ3n) is 3.41. The van der Waals surface area contributed by atoms with Gasteiger partial charge in [-0.15, -0.1) is 0 Å². The third-order valence-corrected chi connectivity index (χ3v) is 3.41. The van der Waals surface area contributed by atoms with Crippen molar-refractivity contribution in [1.29, 1.82) is 0 Å². The Balaban J connectivity index is 1.84. The number of anilines is 2. The number of nitrogens with two attached hydrogens (primary N) is 1. The number of benzene rings is 2. The fraction of sp³-hybridized carbons (Fsp3) is 0.188. The molecule has 0 atom stereocenters. The first-order valence-corrected chi connectivity index (χ1v) is 6.57. The molecule has 1 aliphatic heterocycles. The number of amides is 1. The zero-order valence-electron chi connectivity index (χ0n) is 11.3. The highest BCUT2D eigenvalue weighted by Crippen LogP contribution is 2.27. The van der Waals surface area contributed by atoms with Gasteiger partial charge in [0, 0.05) is 12.0 Å². The van der Waals surface area contributed by atoms with Gasteiger partial charge in [0.05, 0.1) is 18.0 Å². The predicted molar refractivity (Wildman–Crippen MR) is 79.2 cm³/mol. The lowest BCUT2D eigenvalue weighted by molar-refractivity contribution is 0.102. The molecule has 1 amide bonds. The average molecular weight is 268 g/mol. The molecule has 0 saturated heterocycles. The van der Waals surface area contributed by atoms with Crippen molar-refractivity contribution in [1.82, 2.24) is 0 Å². The molecule has 0 bridgehead atoms. The summed E-state index contributed by atoms with van der Waals surface area (Å²) in [6.45, 7) is 2.65. The van der Waals surface area contributed by atoms with E-state index >= 15 is 0 Å². The molecule has 2 aromatic carbocycles. The van der Waals surface area contributed by atoms with Gasteiger partial charge in [-0.1, -0.05) is 6.07 Å². The highest BCUT2D eigenvalue weighted by Gasteiger charge is 2.15. The molecule has 3 rings (SSSR count). The number of hydrogen-bond acceptors (Lipinski definition) is 3. The van der Waals surface area contributed by atoms with E-state index in [2.05, 4.69) is 5.32 Å². The lowest BCUT2D eigenvalue weighted by atomic mass is 10.1. The summed E-state index contributed by atoms with van der Waals surface area (Å²) in [5.41, 5.74) is 9.83. The molecule has 20 heavy (non-hydrogen) atoms. The van der Waals surface area contributed by atoms with E-state index in [1.165, 1.54) is 0 Å². The molecule has 0 aromatic heterocycles. The molecule has 3 N–H and O–H groups in total. The van der Waals surface area contributed by atoms with E-state index in [9.17, 15) is 4.79 Å². The summed E-state index contributed by atoms with van der Waals surface area (Å²) >= 11 is 0. The Hall–Kier alpha value is -2.49. The molecule has 0 aliphatic carbocycles. The van der Waals surface area contributed by atoms with E-state index in [1.807, 2.05) is 31.2 Å². The fourth-order valence-corrected chi connectivity index (χ4v) is 2.30. The van der Waals surface area contributed by atoms with Crippen molar-refractivity contribution < 1.29 is 9.53 Å². The summed E-state index contributed by atoms with van der Waals surface area (Å²) in [5.74, 6) is 0.716. The van der Waals surface area contributed by atoms with Gasteiger partial charge >= 0.3 is 0 Å². The van der Waals surface area contributed by atoms with Gasteiger partial charge in [0.2, 0.25) is 0 Å². The molecular weight excluding hydrogens is 252 g/mol. The first kappa shape index (κ1) is 12.5. The number of ether oxygens (including phenoxy) is 1. The van der Waals surface area contributed by atoms with E-state index in [0.29, 0.717) is 23.5 Å². The van der Waals surface area contributed by atoms with Crippen molar-refractivity contribution in [3.63, 3.8) is 0 Å². The summed E-state index contributed by atoms with van der Waals surface area (Å²) in [4.78, 5) is 12.3. The third kappa shape index (κ3) is 2.32. The van der Waals surface area contributed by atoms with Gasteiger partial charge in [-0.25, -0.2) is 0 Å². The summed E-state index contributed by atoms with van der Waals surface area (Å²) in [7, 11) is 0. The van der Waals surface area contributed by atoms with Crippen molar-refractivity contribution >= 4 is 17.3 Å².